The SMILES string of the molecule is OC(CF)C1=COCCC1. The van der Waals surface area contributed by atoms with Gasteiger partial charge in [-0.25, -0.2) is 4.39 Å². The van der Waals surface area contributed by atoms with Gasteiger partial charge in [-0.2, -0.15) is 0 Å². The van der Waals surface area contributed by atoms with Crippen molar-refractivity contribution in [3.05, 3.63) is 11.8 Å². The summed E-state index contributed by atoms with van der Waals surface area (Å²) in [5.74, 6) is 0. The molecule has 1 N–H and O–H groups in total. The lowest BCUT2D eigenvalue weighted by Crippen LogP contribution is -2.16. The Morgan fingerprint density at radius 3 is 3.10 bits per heavy atom. The fourth-order valence-electron chi connectivity index (χ4n) is 0.929. The molecule has 0 amide bonds. The lowest BCUT2D eigenvalue weighted by Gasteiger charge is -2.15. The molecule has 3 heteroatoms. The van der Waals surface area contributed by atoms with E-state index in [0.717, 1.165) is 12.8 Å². The quantitative estimate of drug-likeness (QED) is 0.630. The Labute approximate surface area is 59.3 Å². The number of hydrogen-bond acceptors (Lipinski definition) is 2. The third-order valence-electron chi connectivity index (χ3n) is 1.54. The molecule has 0 bridgehead atoms. The van der Waals surface area contributed by atoms with E-state index in [4.69, 9.17) is 9.84 Å². The molecule has 0 aliphatic carbocycles. The summed E-state index contributed by atoms with van der Waals surface area (Å²) in [4.78, 5) is 0. The summed E-state index contributed by atoms with van der Waals surface area (Å²) >= 11 is 0. The molecule has 0 spiro atoms. The van der Waals surface area contributed by atoms with E-state index in [1.165, 1.54) is 6.26 Å². The van der Waals surface area contributed by atoms with Crippen LogP contribution in [0.2, 0.25) is 0 Å². The zero-order valence-electron chi connectivity index (χ0n) is 5.72. The van der Waals surface area contributed by atoms with E-state index in [-0.39, 0.29) is 0 Å². The van der Waals surface area contributed by atoms with Crippen LogP contribution >= 0.6 is 0 Å². The molecular weight excluding hydrogens is 135 g/mol. The van der Waals surface area contributed by atoms with Crippen molar-refractivity contribution in [2.75, 3.05) is 13.3 Å². The summed E-state index contributed by atoms with van der Waals surface area (Å²) < 4.78 is 16.7. The van der Waals surface area contributed by atoms with Crippen LogP contribution in [0.1, 0.15) is 12.8 Å². The Hall–Kier alpha value is -0.570. The van der Waals surface area contributed by atoms with Crippen LogP contribution in [-0.4, -0.2) is 24.5 Å². The first kappa shape index (κ1) is 7.54. The Balaban J connectivity index is 2.44. The number of aliphatic hydroxyl groups excluding tert-OH is 1. The van der Waals surface area contributed by atoms with Gasteiger partial charge in [0.2, 0.25) is 0 Å². The summed E-state index contributed by atoms with van der Waals surface area (Å²) in [5.41, 5.74) is 0.675. The fraction of sp³-hybridized carbons (Fsp3) is 0.714. The molecule has 0 fully saturated rings. The first-order valence-corrected chi connectivity index (χ1v) is 3.39. The predicted molar refractivity (Wildman–Crippen MR) is 35.3 cm³/mol. The molecular formula is C7H11FO2. The number of hydrogen-bond donors (Lipinski definition) is 1. The number of halogens is 1. The molecule has 0 saturated carbocycles. The summed E-state index contributed by atoms with van der Waals surface area (Å²) in [6, 6.07) is 0. The molecule has 1 aliphatic heterocycles. The second-order valence-electron chi connectivity index (χ2n) is 2.34. The van der Waals surface area contributed by atoms with Crippen molar-refractivity contribution in [2.24, 2.45) is 0 Å². The summed E-state index contributed by atoms with van der Waals surface area (Å²) in [5, 5.41) is 8.96. The fourth-order valence-corrected chi connectivity index (χ4v) is 0.929. The molecule has 1 aliphatic rings. The van der Waals surface area contributed by atoms with Crippen LogP contribution < -0.4 is 0 Å². The van der Waals surface area contributed by atoms with Gasteiger partial charge < -0.3 is 9.84 Å². The van der Waals surface area contributed by atoms with Crippen LogP contribution in [0.25, 0.3) is 0 Å². The summed E-state index contributed by atoms with van der Waals surface area (Å²) in [6.45, 7) is -0.0301. The van der Waals surface area contributed by atoms with Gasteiger partial charge in [0.15, 0.2) is 0 Å². The maximum absolute atomic E-state index is 11.8. The van der Waals surface area contributed by atoms with Crippen LogP contribution in [0.15, 0.2) is 11.8 Å². The highest BCUT2D eigenvalue weighted by molar-refractivity contribution is 5.06. The normalized spacial score (nSPS) is 21.2. The highest BCUT2D eigenvalue weighted by Crippen LogP contribution is 2.15. The van der Waals surface area contributed by atoms with E-state index in [1.54, 1.807) is 0 Å². The molecule has 0 aromatic carbocycles. The number of ether oxygens (including phenoxy) is 1. The minimum atomic E-state index is -0.944. The van der Waals surface area contributed by atoms with Gasteiger partial charge in [-0.3, -0.25) is 0 Å². The van der Waals surface area contributed by atoms with Crippen LogP contribution in [0.4, 0.5) is 4.39 Å². The molecule has 1 atom stereocenters. The molecule has 1 unspecified atom stereocenters. The number of rotatable bonds is 2. The topological polar surface area (TPSA) is 29.5 Å². The molecule has 0 radical (unpaired) electrons. The third-order valence-corrected chi connectivity index (χ3v) is 1.54. The Morgan fingerprint density at radius 1 is 1.80 bits per heavy atom. The third kappa shape index (κ3) is 1.70. The predicted octanol–water partition coefficient (Wildman–Crippen LogP) is 1.01. The van der Waals surface area contributed by atoms with Crippen molar-refractivity contribution in [3.63, 3.8) is 0 Å². The summed E-state index contributed by atoms with van der Waals surface area (Å²) in [7, 11) is 0. The van der Waals surface area contributed by atoms with Crippen LogP contribution in [0.3, 0.4) is 0 Å². The van der Waals surface area contributed by atoms with E-state index < -0.39 is 12.8 Å². The monoisotopic (exact) mass is 146 g/mol. The van der Waals surface area contributed by atoms with Crippen LogP contribution in [0, 0.1) is 0 Å². The molecule has 1 rings (SSSR count). The van der Waals surface area contributed by atoms with Crippen LogP contribution in [0.5, 0.6) is 0 Å². The molecule has 58 valence electrons. The molecule has 2 nitrogen and oxygen atoms in total. The Kier molecular flexibility index (Phi) is 2.68. The minimum absolute atomic E-state index is 0.675. The van der Waals surface area contributed by atoms with Crippen molar-refractivity contribution in [3.8, 4) is 0 Å². The zero-order chi connectivity index (χ0) is 7.40. The lowest BCUT2D eigenvalue weighted by atomic mass is 10.1. The zero-order valence-corrected chi connectivity index (χ0v) is 5.72. The molecule has 1 heterocycles. The van der Waals surface area contributed by atoms with E-state index in [2.05, 4.69) is 0 Å². The van der Waals surface area contributed by atoms with Crippen LogP contribution in [-0.2, 0) is 4.74 Å². The smallest absolute Gasteiger partial charge is 0.119 e. The van der Waals surface area contributed by atoms with Gasteiger partial charge in [-0.15, -0.1) is 0 Å². The van der Waals surface area contributed by atoms with Crippen molar-refractivity contribution in [1.29, 1.82) is 0 Å². The van der Waals surface area contributed by atoms with E-state index in [0.29, 0.717) is 12.2 Å². The minimum Gasteiger partial charge on any atom is -0.501 e. The van der Waals surface area contributed by atoms with Crippen molar-refractivity contribution in [1.82, 2.24) is 0 Å². The molecule has 0 saturated heterocycles. The molecule has 10 heavy (non-hydrogen) atoms. The largest absolute Gasteiger partial charge is 0.501 e. The maximum Gasteiger partial charge on any atom is 0.119 e. The van der Waals surface area contributed by atoms with Gasteiger partial charge >= 0.3 is 0 Å². The first-order valence-electron chi connectivity index (χ1n) is 3.39. The van der Waals surface area contributed by atoms with Gasteiger partial charge in [0, 0.05) is 0 Å². The van der Waals surface area contributed by atoms with E-state index >= 15 is 0 Å². The van der Waals surface area contributed by atoms with Gasteiger partial charge in [-0.05, 0) is 18.4 Å². The molecule has 0 aromatic rings. The van der Waals surface area contributed by atoms with Gasteiger partial charge in [0.05, 0.1) is 12.9 Å². The Bertz CT molecular complexity index is 134. The number of aliphatic hydroxyl groups is 1. The molecule has 0 aromatic heterocycles. The van der Waals surface area contributed by atoms with Gasteiger partial charge in [0.1, 0.15) is 12.8 Å². The standard InChI is InChI=1S/C7H11FO2/c8-4-7(9)6-2-1-3-10-5-6/h5,7,9H,1-4H2. The highest BCUT2D eigenvalue weighted by atomic mass is 19.1. The van der Waals surface area contributed by atoms with Gasteiger partial charge in [0.25, 0.3) is 0 Å². The highest BCUT2D eigenvalue weighted by Gasteiger charge is 2.12. The summed E-state index contributed by atoms with van der Waals surface area (Å²) in [6.07, 6.45) is 2.15. The van der Waals surface area contributed by atoms with Gasteiger partial charge in [-0.1, -0.05) is 0 Å². The first-order chi connectivity index (χ1) is 4.84. The average Bonchev–Trinajstić information content (AvgIpc) is 2.05. The second-order valence-corrected chi connectivity index (χ2v) is 2.34. The van der Waals surface area contributed by atoms with Crippen molar-refractivity contribution in [2.45, 2.75) is 18.9 Å². The van der Waals surface area contributed by atoms with Crippen molar-refractivity contribution < 1.29 is 14.2 Å². The maximum atomic E-state index is 11.8. The average molecular weight is 146 g/mol. The van der Waals surface area contributed by atoms with E-state index in [9.17, 15) is 4.39 Å². The van der Waals surface area contributed by atoms with E-state index in [1.807, 2.05) is 0 Å². The lowest BCUT2D eigenvalue weighted by molar-refractivity contribution is 0.145. The Morgan fingerprint density at radius 2 is 2.60 bits per heavy atom. The number of alkyl halides is 1. The second kappa shape index (κ2) is 3.56. The van der Waals surface area contributed by atoms with Crippen molar-refractivity contribution >= 4 is 0 Å².